The first-order valence-corrected chi connectivity index (χ1v) is 12.5. The van der Waals surface area contributed by atoms with Gasteiger partial charge in [0, 0.05) is 59.4 Å². The third-order valence-electron chi connectivity index (χ3n) is 7.25. The summed E-state index contributed by atoms with van der Waals surface area (Å²) in [5, 5.41) is 3.61. The minimum Gasteiger partial charge on any atom is -0.493 e. The van der Waals surface area contributed by atoms with E-state index in [1.807, 2.05) is 19.9 Å². The number of morpholine rings is 1. The first-order chi connectivity index (χ1) is 17.6. The number of fused-ring (bicyclic) bond motifs is 2. The summed E-state index contributed by atoms with van der Waals surface area (Å²) in [6.45, 7) is 8.19. The standard InChI is InChI=1S/C28H30N4O4/c1-17-26(18(2)30-28(29-17)32-9-12-34-13-10-32)23-5-3-4-22-24(16-36-27(22)23)31-20-6-7-21-19(8-11-33)15-35-25(21)14-20/h3-7,11,14,19,24,31H,8-10,12-13,15-16H2,1-2H3/t19-,24-/m1/s1. The molecule has 3 aliphatic heterocycles. The summed E-state index contributed by atoms with van der Waals surface area (Å²) in [6.07, 6.45) is 1.45. The van der Waals surface area contributed by atoms with Crippen molar-refractivity contribution in [1.29, 1.82) is 0 Å². The number of carbonyl (C=O) groups excluding carboxylic acids is 1. The summed E-state index contributed by atoms with van der Waals surface area (Å²) < 4.78 is 17.6. The molecule has 0 radical (unpaired) electrons. The van der Waals surface area contributed by atoms with E-state index in [4.69, 9.17) is 24.2 Å². The van der Waals surface area contributed by atoms with E-state index in [0.717, 1.165) is 76.2 Å². The summed E-state index contributed by atoms with van der Waals surface area (Å²) in [6, 6.07) is 12.4. The normalized spacial score (nSPS) is 20.3. The third kappa shape index (κ3) is 4.05. The smallest absolute Gasteiger partial charge is 0.225 e. The number of anilines is 2. The molecule has 8 nitrogen and oxygen atoms in total. The molecular weight excluding hydrogens is 456 g/mol. The lowest BCUT2D eigenvalue weighted by Crippen LogP contribution is -2.37. The van der Waals surface area contributed by atoms with Crippen LogP contribution in [0.5, 0.6) is 11.5 Å². The molecule has 6 rings (SSSR count). The van der Waals surface area contributed by atoms with E-state index < -0.39 is 0 Å². The van der Waals surface area contributed by atoms with Crippen molar-refractivity contribution in [3.63, 3.8) is 0 Å². The molecule has 8 heteroatoms. The van der Waals surface area contributed by atoms with Crippen molar-refractivity contribution in [3.8, 4) is 22.6 Å². The fourth-order valence-corrected chi connectivity index (χ4v) is 5.44. The Morgan fingerprint density at radius 2 is 1.83 bits per heavy atom. The second-order valence-electron chi connectivity index (χ2n) is 9.56. The van der Waals surface area contributed by atoms with Gasteiger partial charge in [0.15, 0.2) is 0 Å². The van der Waals surface area contributed by atoms with Crippen LogP contribution < -0.4 is 19.7 Å². The topological polar surface area (TPSA) is 85.8 Å². The van der Waals surface area contributed by atoms with Crippen molar-refractivity contribution < 1.29 is 19.0 Å². The summed E-state index contributed by atoms with van der Waals surface area (Å²) >= 11 is 0. The van der Waals surface area contributed by atoms with Gasteiger partial charge in [-0.1, -0.05) is 24.3 Å². The highest BCUT2D eigenvalue weighted by Gasteiger charge is 2.30. The fraction of sp³-hybridized carbons (Fsp3) is 0.393. The molecule has 2 atom stereocenters. The van der Waals surface area contributed by atoms with Gasteiger partial charge in [0.25, 0.3) is 0 Å². The minimum absolute atomic E-state index is 0.0133. The van der Waals surface area contributed by atoms with Crippen molar-refractivity contribution >= 4 is 17.9 Å². The summed E-state index contributed by atoms with van der Waals surface area (Å²) in [5.41, 5.74) is 7.12. The molecule has 36 heavy (non-hydrogen) atoms. The molecular formula is C28H30N4O4. The Hall–Kier alpha value is -3.65. The number of ether oxygens (including phenoxy) is 3. The van der Waals surface area contributed by atoms with Gasteiger partial charge in [0.1, 0.15) is 24.4 Å². The van der Waals surface area contributed by atoms with Crippen molar-refractivity contribution in [2.24, 2.45) is 0 Å². The molecule has 1 aromatic heterocycles. The van der Waals surface area contributed by atoms with Crippen LogP contribution in [0.2, 0.25) is 0 Å². The second-order valence-corrected chi connectivity index (χ2v) is 9.56. The number of benzene rings is 2. The van der Waals surface area contributed by atoms with Gasteiger partial charge >= 0.3 is 0 Å². The Labute approximate surface area is 210 Å². The highest BCUT2D eigenvalue weighted by molar-refractivity contribution is 5.77. The van der Waals surface area contributed by atoms with E-state index in [0.29, 0.717) is 32.8 Å². The molecule has 0 aliphatic carbocycles. The van der Waals surface area contributed by atoms with E-state index in [-0.39, 0.29) is 12.0 Å². The number of hydrogen-bond donors (Lipinski definition) is 1. The number of nitrogens with zero attached hydrogens (tertiary/aromatic N) is 3. The molecule has 1 fully saturated rings. The van der Waals surface area contributed by atoms with Crippen LogP contribution in [0.4, 0.5) is 11.6 Å². The van der Waals surface area contributed by atoms with Crippen LogP contribution >= 0.6 is 0 Å². The number of nitrogens with one attached hydrogen (secondary N) is 1. The van der Waals surface area contributed by atoms with Gasteiger partial charge in [0.05, 0.1) is 37.3 Å². The molecule has 186 valence electrons. The molecule has 0 unspecified atom stereocenters. The van der Waals surface area contributed by atoms with E-state index in [9.17, 15) is 4.79 Å². The number of aryl methyl sites for hydroxylation is 2. The van der Waals surface area contributed by atoms with Crippen molar-refractivity contribution in [2.45, 2.75) is 32.2 Å². The first kappa shape index (κ1) is 22.8. The van der Waals surface area contributed by atoms with E-state index in [1.165, 1.54) is 0 Å². The number of para-hydroxylation sites is 1. The monoisotopic (exact) mass is 486 g/mol. The van der Waals surface area contributed by atoms with Crippen LogP contribution in [-0.2, 0) is 9.53 Å². The van der Waals surface area contributed by atoms with Crippen LogP contribution in [0.1, 0.15) is 40.9 Å². The Morgan fingerprint density at radius 1 is 1.03 bits per heavy atom. The van der Waals surface area contributed by atoms with E-state index in [1.54, 1.807) is 0 Å². The number of aldehydes is 1. The molecule has 1 N–H and O–H groups in total. The molecule has 3 aliphatic rings. The lowest BCUT2D eigenvalue weighted by atomic mass is 9.97. The molecule has 3 aromatic rings. The van der Waals surface area contributed by atoms with E-state index >= 15 is 0 Å². The van der Waals surface area contributed by atoms with Crippen LogP contribution in [-0.4, -0.2) is 55.8 Å². The largest absolute Gasteiger partial charge is 0.493 e. The average Bonchev–Trinajstić information content (AvgIpc) is 3.49. The zero-order chi connectivity index (χ0) is 24.6. The average molecular weight is 487 g/mol. The van der Waals surface area contributed by atoms with Crippen LogP contribution in [0.25, 0.3) is 11.1 Å². The van der Waals surface area contributed by atoms with Crippen molar-refractivity contribution in [1.82, 2.24) is 9.97 Å². The summed E-state index contributed by atoms with van der Waals surface area (Å²) in [4.78, 5) is 22.8. The zero-order valence-corrected chi connectivity index (χ0v) is 20.6. The second kappa shape index (κ2) is 9.43. The molecule has 0 amide bonds. The van der Waals surface area contributed by atoms with Crippen molar-refractivity contribution in [3.05, 3.63) is 58.9 Å². The molecule has 0 bridgehead atoms. The highest BCUT2D eigenvalue weighted by Crippen LogP contribution is 2.44. The number of hydrogen-bond acceptors (Lipinski definition) is 8. The maximum Gasteiger partial charge on any atom is 0.225 e. The Morgan fingerprint density at radius 3 is 2.61 bits per heavy atom. The van der Waals surface area contributed by atoms with Gasteiger partial charge in [-0.2, -0.15) is 0 Å². The summed E-state index contributed by atoms with van der Waals surface area (Å²) in [7, 11) is 0. The van der Waals surface area contributed by atoms with Gasteiger partial charge in [0.2, 0.25) is 5.95 Å². The fourth-order valence-electron chi connectivity index (χ4n) is 5.44. The zero-order valence-electron chi connectivity index (χ0n) is 20.6. The Kier molecular flexibility index (Phi) is 5.97. The molecule has 0 saturated carbocycles. The first-order valence-electron chi connectivity index (χ1n) is 12.5. The van der Waals surface area contributed by atoms with Gasteiger partial charge in [-0.05, 0) is 19.9 Å². The van der Waals surface area contributed by atoms with Gasteiger partial charge < -0.3 is 29.2 Å². The summed E-state index contributed by atoms with van der Waals surface area (Å²) in [5.74, 6) is 2.64. The van der Waals surface area contributed by atoms with Crippen LogP contribution in [0.15, 0.2) is 36.4 Å². The minimum atomic E-state index is 0.0133. The number of rotatable bonds is 6. The molecule has 0 spiro atoms. The predicted molar refractivity (Wildman–Crippen MR) is 137 cm³/mol. The number of carbonyl (C=O) groups is 1. The molecule has 1 saturated heterocycles. The Balaban J connectivity index is 1.27. The van der Waals surface area contributed by atoms with Gasteiger partial charge in [-0.3, -0.25) is 0 Å². The highest BCUT2D eigenvalue weighted by atomic mass is 16.5. The quantitative estimate of drug-likeness (QED) is 0.519. The lowest BCUT2D eigenvalue weighted by molar-refractivity contribution is -0.108. The maximum absolute atomic E-state index is 10.9. The van der Waals surface area contributed by atoms with Crippen LogP contribution in [0.3, 0.4) is 0 Å². The molecule has 2 aromatic carbocycles. The SMILES string of the molecule is Cc1nc(N2CCOCC2)nc(C)c1-c1cccc2c1OC[C@H]2Nc1ccc2c(c1)OC[C@H]2CC=O. The predicted octanol–water partition coefficient (Wildman–Crippen LogP) is 4.21. The maximum atomic E-state index is 10.9. The molecule has 4 heterocycles. The number of aromatic nitrogens is 2. The Bertz CT molecular complexity index is 1280. The van der Waals surface area contributed by atoms with Gasteiger partial charge in [-0.15, -0.1) is 0 Å². The van der Waals surface area contributed by atoms with Crippen LogP contribution in [0, 0.1) is 13.8 Å². The van der Waals surface area contributed by atoms with Crippen molar-refractivity contribution in [2.75, 3.05) is 49.7 Å². The lowest BCUT2D eigenvalue weighted by Gasteiger charge is -2.27. The van der Waals surface area contributed by atoms with E-state index in [2.05, 4.69) is 40.5 Å². The third-order valence-corrected chi connectivity index (χ3v) is 7.25. The van der Waals surface area contributed by atoms with Gasteiger partial charge in [-0.25, -0.2) is 9.97 Å².